The fraction of sp³-hybridized carbons (Fsp3) is 0.333. The van der Waals surface area contributed by atoms with Crippen molar-refractivity contribution in [3.63, 3.8) is 0 Å². The van der Waals surface area contributed by atoms with Crippen molar-refractivity contribution >= 4 is 27.5 Å². The Morgan fingerprint density at radius 2 is 1.66 bits per heavy atom. The molecule has 0 fully saturated rings. The molecule has 0 unspecified atom stereocenters. The molecule has 11 heteroatoms. The number of ether oxygens (including phenoxy) is 2. The normalized spacial score (nSPS) is 11.8. The summed E-state index contributed by atoms with van der Waals surface area (Å²) in [5, 5.41) is 2.80. The minimum absolute atomic E-state index is 0.0521. The maximum atomic E-state index is 14.7. The van der Waals surface area contributed by atoms with Crippen LogP contribution in [0.2, 0.25) is 0 Å². The van der Waals surface area contributed by atoms with Crippen LogP contribution in [0.1, 0.15) is 32.3 Å². The fourth-order valence-corrected chi connectivity index (χ4v) is 5.59. The first kappa shape index (κ1) is 31.4. The molecule has 0 saturated heterocycles. The van der Waals surface area contributed by atoms with Gasteiger partial charge < -0.3 is 19.7 Å². The predicted octanol–water partition coefficient (Wildman–Crippen LogP) is 4.37. The molecule has 0 aromatic heterocycles. The molecule has 9 nitrogen and oxygen atoms in total. The standard InChI is InChI=1S/C30H36FN3O6S/c1-5-6-18-32-30(36)22(2)33(20-23-12-10-11-15-26(23)31)29(35)21-34(41(37,38)25-13-8-7-9-14-25)27-19-24(39-3)16-17-28(27)40-4/h7-17,19,22H,5-6,18,20-21H2,1-4H3,(H,32,36)/t22-/m0/s1. The van der Waals surface area contributed by atoms with Gasteiger partial charge >= 0.3 is 0 Å². The average molecular weight is 586 g/mol. The molecule has 0 aliphatic heterocycles. The number of halogens is 1. The number of rotatable bonds is 14. The molecular weight excluding hydrogens is 549 g/mol. The molecule has 220 valence electrons. The SMILES string of the molecule is CCCCNC(=O)[C@H](C)N(Cc1ccccc1F)C(=O)CN(c1cc(OC)ccc1OC)S(=O)(=O)c1ccccc1. The number of sulfonamides is 1. The lowest BCUT2D eigenvalue weighted by molar-refractivity contribution is -0.139. The quantitative estimate of drug-likeness (QED) is 0.282. The smallest absolute Gasteiger partial charge is 0.264 e. The average Bonchev–Trinajstić information content (AvgIpc) is 2.99. The van der Waals surface area contributed by atoms with Crippen LogP contribution in [0.4, 0.5) is 10.1 Å². The van der Waals surface area contributed by atoms with Crippen LogP contribution in [0, 0.1) is 5.82 Å². The van der Waals surface area contributed by atoms with E-state index in [1.54, 1.807) is 30.3 Å². The summed E-state index contributed by atoms with van der Waals surface area (Å²) in [7, 11) is -1.49. The number of unbranched alkanes of at least 4 members (excludes halogenated alkanes) is 1. The van der Waals surface area contributed by atoms with E-state index in [1.807, 2.05) is 6.92 Å². The van der Waals surface area contributed by atoms with Gasteiger partial charge in [-0.3, -0.25) is 13.9 Å². The van der Waals surface area contributed by atoms with E-state index < -0.39 is 40.2 Å². The number of nitrogens with one attached hydrogen (secondary N) is 1. The van der Waals surface area contributed by atoms with Gasteiger partial charge in [-0.25, -0.2) is 12.8 Å². The fourth-order valence-electron chi connectivity index (χ4n) is 4.15. The van der Waals surface area contributed by atoms with Crippen molar-refractivity contribution in [2.24, 2.45) is 0 Å². The molecule has 3 rings (SSSR count). The van der Waals surface area contributed by atoms with Crippen LogP contribution in [0.5, 0.6) is 11.5 Å². The molecule has 3 aromatic carbocycles. The first-order valence-electron chi connectivity index (χ1n) is 13.2. The Labute approximate surface area is 240 Å². The lowest BCUT2D eigenvalue weighted by atomic mass is 10.1. The van der Waals surface area contributed by atoms with Crippen LogP contribution in [-0.4, -0.2) is 58.5 Å². The van der Waals surface area contributed by atoms with Gasteiger partial charge in [0, 0.05) is 24.7 Å². The van der Waals surface area contributed by atoms with Crippen molar-refractivity contribution in [3.05, 3.63) is 84.2 Å². The number of anilines is 1. The van der Waals surface area contributed by atoms with Gasteiger partial charge in [0.05, 0.1) is 24.8 Å². The molecular formula is C30H36FN3O6S. The largest absolute Gasteiger partial charge is 0.497 e. The topological polar surface area (TPSA) is 105 Å². The van der Waals surface area contributed by atoms with E-state index in [0.717, 1.165) is 17.1 Å². The first-order chi connectivity index (χ1) is 19.6. The third-order valence-electron chi connectivity index (χ3n) is 6.56. The maximum Gasteiger partial charge on any atom is 0.264 e. The van der Waals surface area contributed by atoms with E-state index in [0.29, 0.717) is 12.3 Å². The van der Waals surface area contributed by atoms with E-state index in [1.165, 1.54) is 68.5 Å². The van der Waals surface area contributed by atoms with Crippen molar-refractivity contribution < 1.29 is 31.9 Å². The van der Waals surface area contributed by atoms with Crippen LogP contribution in [0.15, 0.2) is 77.7 Å². The van der Waals surface area contributed by atoms with Crippen molar-refractivity contribution in [3.8, 4) is 11.5 Å². The van der Waals surface area contributed by atoms with Gasteiger partial charge in [-0.05, 0) is 43.7 Å². The summed E-state index contributed by atoms with van der Waals surface area (Å²) >= 11 is 0. The Kier molecular flexibility index (Phi) is 11.1. The predicted molar refractivity (Wildman–Crippen MR) is 155 cm³/mol. The molecule has 1 atom stereocenters. The Bertz CT molecular complexity index is 1440. The van der Waals surface area contributed by atoms with E-state index in [2.05, 4.69) is 5.32 Å². The highest BCUT2D eigenvalue weighted by atomic mass is 32.2. The summed E-state index contributed by atoms with van der Waals surface area (Å²) in [4.78, 5) is 28.2. The second kappa shape index (κ2) is 14.5. The van der Waals surface area contributed by atoms with Crippen molar-refractivity contribution in [1.29, 1.82) is 0 Å². The summed E-state index contributed by atoms with van der Waals surface area (Å²) in [6.45, 7) is 2.99. The number of carbonyl (C=O) groups is 2. The van der Waals surface area contributed by atoms with Crippen molar-refractivity contribution in [2.45, 2.75) is 44.2 Å². The summed E-state index contributed by atoms with van der Waals surface area (Å²) in [5.74, 6) is -1.17. The molecule has 0 heterocycles. The zero-order chi connectivity index (χ0) is 30.0. The lowest BCUT2D eigenvalue weighted by Crippen LogP contribution is -2.51. The Hall–Kier alpha value is -4.12. The molecule has 1 N–H and O–H groups in total. The summed E-state index contributed by atoms with van der Waals surface area (Å²) in [6, 6.07) is 17.1. The summed E-state index contributed by atoms with van der Waals surface area (Å²) in [5.41, 5.74) is 0.250. The number of hydrogen-bond donors (Lipinski definition) is 1. The van der Waals surface area contributed by atoms with Gasteiger partial charge in [-0.2, -0.15) is 0 Å². The molecule has 0 radical (unpaired) electrons. The molecule has 0 aliphatic carbocycles. The maximum absolute atomic E-state index is 14.7. The Morgan fingerprint density at radius 1 is 0.976 bits per heavy atom. The van der Waals surface area contributed by atoms with Gasteiger partial charge in [-0.1, -0.05) is 49.7 Å². The second-order valence-corrected chi connectivity index (χ2v) is 11.2. The minimum Gasteiger partial charge on any atom is -0.497 e. The molecule has 3 aromatic rings. The van der Waals surface area contributed by atoms with E-state index in [4.69, 9.17) is 9.47 Å². The third-order valence-corrected chi connectivity index (χ3v) is 8.33. The van der Waals surface area contributed by atoms with Gasteiger partial charge in [-0.15, -0.1) is 0 Å². The summed E-state index contributed by atoms with van der Waals surface area (Å²) < 4.78 is 54.3. The lowest BCUT2D eigenvalue weighted by Gasteiger charge is -2.32. The van der Waals surface area contributed by atoms with Gasteiger partial charge in [0.1, 0.15) is 29.9 Å². The molecule has 0 saturated carbocycles. The van der Waals surface area contributed by atoms with Crippen molar-refractivity contribution in [1.82, 2.24) is 10.2 Å². The zero-order valence-corrected chi connectivity index (χ0v) is 24.5. The van der Waals surface area contributed by atoms with Gasteiger partial charge in [0.15, 0.2) is 0 Å². The summed E-state index contributed by atoms with van der Waals surface area (Å²) in [6.07, 6.45) is 1.61. The molecule has 0 aliphatic rings. The number of carbonyl (C=O) groups excluding carboxylic acids is 2. The molecule has 2 amide bonds. The van der Waals surface area contributed by atoms with E-state index in [9.17, 15) is 22.4 Å². The van der Waals surface area contributed by atoms with Gasteiger partial charge in [0.25, 0.3) is 10.0 Å². The van der Waals surface area contributed by atoms with Crippen LogP contribution >= 0.6 is 0 Å². The monoisotopic (exact) mass is 585 g/mol. The number of methoxy groups -OCH3 is 2. The highest BCUT2D eigenvalue weighted by molar-refractivity contribution is 7.92. The van der Waals surface area contributed by atoms with Crippen molar-refractivity contribution in [2.75, 3.05) is 31.6 Å². The highest BCUT2D eigenvalue weighted by Crippen LogP contribution is 2.36. The number of benzene rings is 3. The highest BCUT2D eigenvalue weighted by Gasteiger charge is 2.34. The van der Waals surface area contributed by atoms with Crippen LogP contribution in [-0.2, 0) is 26.2 Å². The first-order valence-corrected chi connectivity index (χ1v) is 14.7. The van der Waals surface area contributed by atoms with Gasteiger partial charge in [0.2, 0.25) is 11.8 Å². The Morgan fingerprint density at radius 3 is 2.29 bits per heavy atom. The van der Waals surface area contributed by atoms with E-state index >= 15 is 0 Å². The number of nitrogens with zero attached hydrogens (tertiary/aromatic N) is 2. The number of amides is 2. The van der Waals surface area contributed by atoms with Crippen LogP contribution in [0.3, 0.4) is 0 Å². The minimum atomic E-state index is -4.31. The van der Waals surface area contributed by atoms with Crippen LogP contribution < -0.4 is 19.1 Å². The zero-order valence-electron chi connectivity index (χ0n) is 23.7. The Balaban J connectivity index is 2.09. The van der Waals surface area contributed by atoms with Crippen LogP contribution in [0.25, 0.3) is 0 Å². The second-order valence-electron chi connectivity index (χ2n) is 9.30. The number of hydrogen-bond acceptors (Lipinski definition) is 6. The molecule has 0 spiro atoms. The molecule has 41 heavy (non-hydrogen) atoms. The molecule has 0 bridgehead atoms. The van der Waals surface area contributed by atoms with E-state index in [-0.39, 0.29) is 28.4 Å². The third kappa shape index (κ3) is 7.75.